The third kappa shape index (κ3) is 7.02. The Morgan fingerprint density at radius 3 is 2.10 bits per heavy atom. The van der Waals surface area contributed by atoms with Gasteiger partial charge in [-0.05, 0) is 31.0 Å². The molecule has 0 bridgehead atoms. The normalized spacial score (nSPS) is 10.7. The minimum Gasteiger partial charge on any atom is -0.506 e. The first-order chi connectivity index (χ1) is 13.5. The summed E-state index contributed by atoms with van der Waals surface area (Å²) >= 11 is 0. The van der Waals surface area contributed by atoms with E-state index in [9.17, 15) is 20.3 Å². The van der Waals surface area contributed by atoms with Crippen LogP contribution in [-0.4, -0.2) is 28.2 Å². The summed E-state index contributed by atoms with van der Waals surface area (Å²) in [7, 11) is 0. The van der Waals surface area contributed by atoms with Crippen molar-refractivity contribution in [1.82, 2.24) is 0 Å². The van der Waals surface area contributed by atoms with Gasteiger partial charge in [-0.25, -0.2) is 0 Å². The molecule has 0 aliphatic carbocycles. The Bertz CT molecular complexity index is 837. The Morgan fingerprint density at radius 1 is 0.931 bits per heavy atom. The second-order valence-electron chi connectivity index (χ2n) is 6.50. The van der Waals surface area contributed by atoms with Gasteiger partial charge in [-0.2, -0.15) is 0 Å². The molecule has 1 radical (unpaired) electrons. The van der Waals surface area contributed by atoms with Crippen LogP contribution >= 0.6 is 0 Å². The van der Waals surface area contributed by atoms with Crippen LogP contribution in [-0.2, 0) is 16.8 Å². The fourth-order valence-corrected chi connectivity index (χ4v) is 2.67. The van der Waals surface area contributed by atoms with Crippen LogP contribution in [0.15, 0.2) is 46.6 Å². The molecule has 0 fully saturated rings. The number of nitrogens with zero attached hydrogens (tertiary/aromatic N) is 4. The molecule has 0 heterocycles. The first-order valence-electron chi connectivity index (χ1n) is 9.43. The Labute approximate surface area is 180 Å². The molecule has 0 amide bonds. The molecule has 159 valence electrons. The first-order valence-corrected chi connectivity index (χ1v) is 9.43. The van der Waals surface area contributed by atoms with Crippen molar-refractivity contribution in [3.63, 3.8) is 0 Å². The molecular weight excluding hydrogens is 419 g/mol. The van der Waals surface area contributed by atoms with E-state index < -0.39 is 4.92 Å². The van der Waals surface area contributed by atoms with Crippen molar-refractivity contribution in [3.8, 4) is 11.5 Å². The molecule has 0 saturated carbocycles. The number of benzene rings is 2. The van der Waals surface area contributed by atoms with Crippen LogP contribution < -0.4 is 4.90 Å². The maximum absolute atomic E-state index is 10.9. The zero-order valence-corrected chi connectivity index (χ0v) is 17.6. The summed E-state index contributed by atoms with van der Waals surface area (Å²) in [6.07, 6.45) is 4.32. The molecule has 2 rings (SSSR count). The SMILES string of the molecule is CCCCN(CCCC)c1ccc(N=Nc2cc([N+](=O)[O-])ccc2O)c(O)c1.[Co]. The van der Waals surface area contributed by atoms with Crippen LogP contribution in [0.2, 0.25) is 0 Å². The summed E-state index contributed by atoms with van der Waals surface area (Å²) in [5.74, 6) is -0.264. The van der Waals surface area contributed by atoms with Gasteiger partial charge in [-0.15, -0.1) is 10.2 Å². The van der Waals surface area contributed by atoms with Gasteiger partial charge < -0.3 is 15.1 Å². The number of nitro benzene ring substituents is 1. The molecule has 2 aromatic carbocycles. The Balaban J connectivity index is 0.00000420. The van der Waals surface area contributed by atoms with Crippen molar-refractivity contribution in [2.75, 3.05) is 18.0 Å². The number of aromatic hydroxyl groups is 2. The van der Waals surface area contributed by atoms with Crippen LogP contribution in [0.4, 0.5) is 22.7 Å². The summed E-state index contributed by atoms with van der Waals surface area (Å²) in [5.41, 5.74) is 0.899. The van der Waals surface area contributed by atoms with Crippen molar-refractivity contribution in [3.05, 3.63) is 46.5 Å². The van der Waals surface area contributed by atoms with E-state index in [0.29, 0.717) is 0 Å². The number of hydrogen-bond donors (Lipinski definition) is 2. The van der Waals surface area contributed by atoms with Gasteiger partial charge in [0.1, 0.15) is 22.9 Å². The van der Waals surface area contributed by atoms with Crippen LogP contribution in [0.5, 0.6) is 11.5 Å². The third-order valence-corrected chi connectivity index (χ3v) is 4.32. The maximum atomic E-state index is 10.9. The number of azo groups is 1. The molecule has 29 heavy (non-hydrogen) atoms. The number of nitro groups is 1. The third-order valence-electron chi connectivity index (χ3n) is 4.32. The second kappa shape index (κ2) is 12.0. The number of non-ortho nitro benzene ring substituents is 1. The van der Waals surface area contributed by atoms with Crippen molar-refractivity contribution < 1.29 is 31.9 Å². The summed E-state index contributed by atoms with van der Waals surface area (Å²) in [4.78, 5) is 12.5. The number of rotatable bonds is 10. The Morgan fingerprint density at radius 2 is 1.55 bits per heavy atom. The predicted octanol–water partition coefficient (Wildman–Crippen LogP) is 5.83. The number of phenols is 2. The van der Waals surface area contributed by atoms with E-state index in [1.54, 1.807) is 12.1 Å². The summed E-state index contributed by atoms with van der Waals surface area (Å²) in [6, 6.07) is 8.66. The molecule has 0 unspecified atom stereocenters. The van der Waals surface area contributed by atoms with E-state index in [4.69, 9.17) is 0 Å². The molecule has 0 aromatic heterocycles. The van der Waals surface area contributed by atoms with E-state index in [-0.39, 0.29) is 45.3 Å². The molecule has 0 atom stereocenters. The number of phenolic OH excluding ortho intramolecular Hbond substituents is 2. The molecular formula is C20H26CoN4O4. The van der Waals surface area contributed by atoms with Gasteiger partial charge in [-0.3, -0.25) is 10.1 Å². The molecule has 8 nitrogen and oxygen atoms in total. The van der Waals surface area contributed by atoms with Crippen LogP contribution in [0.3, 0.4) is 0 Å². The standard InChI is InChI=1S/C20H26N4O4.Co/c1-3-5-11-23(12-6-4-2)15-7-9-17(20(26)14-15)21-22-18-13-16(24(27)28)8-10-19(18)25;/h7-10,13-14,25-26H,3-6,11-12H2,1-2H3;. The smallest absolute Gasteiger partial charge is 0.271 e. The fourth-order valence-electron chi connectivity index (χ4n) is 2.67. The largest absolute Gasteiger partial charge is 0.506 e. The van der Waals surface area contributed by atoms with Gasteiger partial charge in [-0.1, -0.05) is 26.7 Å². The average molecular weight is 445 g/mol. The minimum atomic E-state index is -0.577. The van der Waals surface area contributed by atoms with Crippen molar-refractivity contribution in [2.45, 2.75) is 39.5 Å². The number of anilines is 1. The molecule has 2 N–H and O–H groups in total. The first kappa shape index (κ1) is 24.4. The van der Waals surface area contributed by atoms with Gasteiger partial charge in [0.25, 0.3) is 5.69 Å². The van der Waals surface area contributed by atoms with Crippen molar-refractivity contribution in [1.29, 1.82) is 0 Å². The Hall–Kier alpha value is -2.65. The number of unbranched alkanes of at least 4 members (excludes halogenated alkanes) is 2. The second-order valence-corrected chi connectivity index (χ2v) is 6.50. The zero-order chi connectivity index (χ0) is 20.5. The van der Waals surface area contributed by atoms with E-state index in [1.807, 2.05) is 6.07 Å². The summed E-state index contributed by atoms with van der Waals surface area (Å²) in [6.45, 7) is 6.11. The van der Waals surface area contributed by atoms with Crippen LogP contribution in [0, 0.1) is 10.1 Å². The van der Waals surface area contributed by atoms with Gasteiger partial charge in [0.05, 0.1) is 4.92 Å². The van der Waals surface area contributed by atoms with Gasteiger partial charge in [0.2, 0.25) is 0 Å². The Kier molecular flexibility index (Phi) is 10.1. The van der Waals surface area contributed by atoms with E-state index >= 15 is 0 Å². The van der Waals surface area contributed by atoms with Gasteiger partial charge >= 0.3 is 0 Å². The van der Waals surface area contributed by atoms with Crippen LogP contribution in [0.1, 0.15) is 39.5 Å². The van der Waals surface area contributed by atoms with Crippen molar-refractivity contribution >= 4 is 22.7 Å². The molecule has 0 saturated heterocycles. The number of hydrogen-bond acceptors (Lipinski definition) is 7. The average Bonchev–Trinajstić information content (AvgIpc) is 2.68. The molecule has 0 aliphatic rings. The predicted molar refractivity (Wildman–Crippen MR) is 109 cm³/mol. The van der Waals surface area contributed by atoms with E-state index in [2.05, 4.69) is 29.0 Å². The van der Waals surface area contributed by atoms with Gasteiger partial charge in [0.15, 0.2) is 0 Å². The van der Waals surface area contributed by atoms with E-state index in [1.165, 1.54) is 12.1 Å². The molecule has 0 aliphatic heterocycles. The summed E-state index contributed by atoms with van der Waals surface area (Å²) < 4.78 is 0. The maximum Gasteiger partial charge on any atom is 0.271 e. The van der Waals surface area contributed by atoms with Crippen molar-refractivity contribution in [2.24, 2.45) is 10.2 Å². The molecule has 0 spiro atoms. The monoisotopic (exact) mass is 445 g/mol. The molecule has 9 heteroatoms. The quantitative estimate of drug-likeness (QED) is 0.272. The zero-order valence-electron chi connectivity index (χ0n) is 16.5. The molecule has 2 aromatic rings. The summed E-state index contributed by atoms with van der Waals surface area (Å²) in [5, 5.41) is 38.8. The van der Waals surface area contributed by atoms with E-state index in [0.717, 1.165) is 50.5 Å². The topological polar surface area (TPSA) is 112 Å². The van der Waals surface area contributed by atoms with Crippen LogP contribution in [0.25, 0.3) is 0 Å². The minimum absolute atomic E-state index is 0. The van der Waals surface area contributed by atoms with Gasteiger partial charge in [0, 0.05) is 53.8 Å². The fraction of sp³-hybridized carbons (Fsp3) is 0.400.